The van der Waals surface area contributed by atoms with Crippen LogP contribution >= 0.6 is 11.6 Å². The normalized spacial score (nSPS) is 10.5. The molecule has 0 fully saturated rings. The lowest BCUT2D eigenvalue weighted by Crippen LogP contribution is -2.23. The van der Waals surface area contributed by atoms with Crippen LogP contribution in [0.15, 0.2) is 52.9 Å². The number of nitrogens with one attached hydrogen (secondary N) is 1. The van der Waals surface area contributed by atoms with Crippen molar-refractivity contribution in [2.24, 2.45) is 0 Å². The molecule has 1 N–H and O–H groups in total. The number of para-hydroxylation sites is 1. The molecule has 1 heterocycles. The summed E-state index contributed by atoms with van der Waals surface area (Å²) in [4.78, 5) is 12.2. The van der Waals surface area contributed by atoms with Crippen LogP contribution in [0.2, 0.25) is 5.02 Å². The van der Waals surface area contributed by atoms with E-state index in [9.17, 15) is 4.79 Å². The van der Waals surface area contributed by atoms with Crippen molar-refractivity contribution in [3.63, 3.8) is 0 Å². The Hall–Kier alpha value is -2.86. The van der Waals surface area contributed by atoms with Gasteiger partial charge in [0.2, 0.25) is 5.89 Å². The number of nitrogens with zero attached hydrogens (tertiary/aromatic N) is 2. The first-order chi connectivity index (χ1) is 12.2. The summed E-state index contributed by atoms with van der Waals surface area (Å²) in [6, 6.07) is 14.8. The third-order valence-corrected chi connectivity index (χ3v) is 3.96. The van der Waals surface area contributed by atoms with E-state index >= 15 is 0 Å². The van der Waals surface area contributed by atoms with Gasteiger partial charge in [-0.1, -0.05) is 48.0 Å². The number of hydrogen-bond acceptors (Lipinski definition) is 5. The van der Waals surface area contributed by atoms with Gasteiger partial charge in [0.05, 0.1) is 13.5 Å². The minimum Gasteiger partial charge on any atom is -0.496 e. The van der Waals surface area contributed by atoms with E-state index in [2.05, 4.69) is 15.5 Å². The molecule has 0 aliphatic heterocycles. The minimum atomic E-state index is -0.441. The quantitative estimate of drug-likeness (QED) is 0.732. The Kier molecular flexibility index (Phi) is 5.30. The van der Waals surface area contributed by atoms with Gasteiger partial charge in [0.15, 0.2) is 0 Å². The summed E-state index contributed by atoms with van der Waals surface area (Å²) in [7, 11) is 1.58. The van der Waals surface area contributed by atoms with Crippen LogP contribution in [0.3, 0.4) is 0 Å². The Morgan fingerprint density at radius 3 is 2.60 bits per heavy atom. The summed E-state index contributed by atoms with van der Waals surface area (Å²) < 4.78 is 10.7. The van der Waals surface area contributed by atoms with Gasteiger partial charge in [-0.3, -0.25) is 4.79 Å². The molecule has 0 saturated carbocycles. The number of benzene rings is 2. The summed E-state index contributed by atoms with van der Waals surface area (Å²) in [5, 5.41) is 11.0. The van der Waals surface area contributed by atoms with Crippen molar-refractivity contribution >= 4 is 17.5 Å². The molecule has 0 aliphatic carbocycles. The molecule has 128 valence electrons. The number of methoxy groups -OCH3 is 1. The number of carbonyl (C=O) groups excluding carboxylic acids is 1. The Morgan fingerprint density at radius 1 is 1.12 bits per heavy atom. The molecule has 0 radical (unpaired) electrons. The third-order valence-electron chi connectivity index (χ3n) is 3.59. The van der Waals surface area contributed by atoms with Crippen molar-refractivity contribution in [1.29, 1.82) is 0 Å². The Bertz CT molecular complexity index is 879. The molecule has 3 aromatic rings. The van der Waals surface area contributed by atoms with Gasteiger partial charge in [-0.15, -0.1) is 10.2 Å². The predicted octanol–water partition coefficient (Wildman–Crippen LogP) is 3.25. The van der Waals surface area contributed by atoms with Crippen molar-refractivity contribution < 1.29 is 13.9 Å². The molecule has 6 nitrogen and oxygen atoms in total. The molecule has 1 amide bonds. The maximum Gasteiger partial charge on any atom is 0.309 e. The predicted molar refractivity (Wildman–Crippen MR) is 92.7 cm³/mol. The summed E-state index contributed by atoms with van der Waals surface area (Å²) in [6.45, 7) is 0.297. The van der Waals surface area contributed by atoms with Crippen LogP contribution in [0.5, 0.6) is 5.75 Å². The van der Waals surface area contributed by atoms with Crippen LogP contribution in [-0.2, 0) is 13.0 Å². The van der Waals surface area contributed by atoms with Crippen molar-refractivity contribution in [1.82, 2.24) is 15.5 Å². The van der Waals surface area contributed by atoms with E-state index < -0.39 is 5.91 Å². The van der Waals surface area contributed by atoms with Gasteiger partial charge >= 0.3 is 11.8 Å². The van der Waals surface area contributed by atoms with E-state index in [-0.39, 0.29) is 5.89 Å². The largest absolute Gasteiger partial charge is 0.496 e. The van der Waals surface area contributed by atoms with E-state index in [1.807, 2.05) is 42.5 Å². The number of rotatable bonds is 6. The van der Waals surface area contributed by atoms with Crippen LogP contribution < -0.4 is 10.1 Å². The van der Waals surface area contributed by atoms with E-state index in [1.165, 1.54) is 0 Å². The van der Waals surface area contributed by atoms with Gasteiger partial charge in [0.1, 0.15) is 5.75 Å². The maximum absolute atomic E-state index is 12.2. The lowest BCUT2D eigenvalue weighted by atomic mass is 10.1. The number of hydrogen-bond donors (Lipinski definition) is 1. The standard InChI is InChI=1S/C18H16ClN3O3/c1-24-15-9-5-3-7-13(15)11-20-17(23)18-22-21-16(25-18)10-12-6-2-4-8-14(12)19/h2-9H,10-11H2,1H3,(H,20,23). The minimum absolute atomic E-state index is 0.0862. The smallest absolute Gasteiger partial charge is 0.309 e. The summed E-state index contributed by atoms with van der Waals surface area (Å²) >= 11 is 6.11. The van der Waals surface area contributed by atoms with Crippen LogP contribution in [0.1, 0.15) is 27.7 Å². The molecule has 0 unspecified atom stereocenters. The summed E-state index contributed by atoms with van der Waals surface area (Å²) in [5.74, 6) is 0.504. The molecule has 2 aromatic carbocycles. The summed E-state index contributed by atoms with van der Waals surface area (Å²) in [6.07, 6.45) is 0.368. The number of carbonyl (C=O) groups is 1. The molecule has 0 aliphatic rings. The molecule has 7 heteroatoms. The molecule has 1 aromatic heterocycles. The van der Waals surface area contributed by atoms with Crippen molar-refractivity contribution in [2.45, 2.75) is 13.0 Å². The highest BCUT2D eigenvalue weighted by Gasteiger charge is 2.16. The van der Waals surface area contributed by atoms with Gasteiger partial charge in [-0.2, -0.15) is 0 Å². The van der Waals surface area contributed by atoms with Gasteiger partial charge in [-0.25, -0.2) is 0 Å². The van der Waals surface area contributed by atoms with Gasteiger partial charge in [-0.05, 0) is 17.7 Å². The molecule has 0 saturated heterocycles. The Balaban J connectivity index is 1.64. The molecular formula is C18H16ClN3O3. The second-order valence-electron chi connectivity index (χ2n) is 5.26. The average molecular weight is 358 g/mol. The third kappa shape index (κ3) is 4.16. The Labute approximate surface area is 149 Å². The molecule has 0 bridgehead atoms. The second kappa shape index (κ2) is 7.81. The van der Waals surface area contributed by atoms with Crippen molar-refractivity contribution in [3.05, 3.63) is 76.5 Å². The van der Waals surface area contributed by atoms with Crippen LogP contribution in [0.4, 0.5) is 0 Å². The van der Waals surface area contributed by atoms with Crippen molar-refractivity contribution in [3.8, 4) is 5.75 Å². The zero-order chi connectivity index (χ0) is 17.6. The average Bonchev–Trinajstić information content (AvgIpc) is 3.10. The first-order valence-electron chi connectivity index (χ1n) is 7.63. The zero-order valence-corrected chi connectivity index (χ0v) is 14.3. The number of aromatic nitrogens is 2. The molecular weight excluding hydrogens is 342 g/mol. The van der Waals surface area contributed by atoms with Gasteiger partial charge in [0, 0.05) is 17.1 Å². The lowest BCUT2D eigenvalue weighted by molar-refractivity contribution is 0.0914. The molecule has 3 rings (SSSR count). The van der Waals surface area contributed by atoms with Crippen LogP contribution in [0, 0.1) is 0 Å². The van der Waals surface area contributed by atoms with Crippen LogP contribution in [0.25, 0.3) is 0 Å². The van der Waals surface area contributed by atoms with E-state index in [4.69, 9.17) is 20.8 Å². The summed E-state index contributed by atoms with van der Waals surface area (Å²) in [5.41, 5.74) is 1.71. The highest BCUT2D eigenvalue weighted by molar-refractivity contribution is 6.31. The fraction of sp³-hybridized carbons (Fsp3) is 0.167. The second-order valence-corrected chi connectivity index (χ2v) is 5.67. The number of amides is 1. The molecule has 0 spiro atoms. The number of ether oxygens (including phenoxy) is 1. The Morgan fingerprint density at radius 2 is 1.84 bits per heavy atom. The van der Waals surface area contributed by atoms with E-state index in [1.54, 1.807) is 13.2 Å². The van der Waals surface area contributed by atoms with Crippen LogP contribution in [-0.4, -0.2) is 23.2 Å². The lowest BCUT2D eigenvalue weighted by Gasteiger charge is -2.08. The topological polar surface area (TPSA) is 77.2 Å². The molecule has 0 atom stereocenters. The van der Waals surface area contributed by atoms with E-state index in [0.717, 1.165) is 11.1 Å². The highest BCUT2D eigenvalue weighted by atomic mass is 35.5. The first kappa shape index (κ1) is 17.0. The SMILES string of the molecule is COc1ccccc1CNC(=O)c1nnc(Cc2ccccc2Cl)o1. The maximum atomic E-state index is 12.2. The highest BCUT2D eigenvalue weighted by Crippen LogP contribution is 2.19. The van der Waals surface area contributed by atoms with Gasteiger partial charge < -0.3 is 14.5 Å². The first-order valence-corrected chi connectivity index (χ1v) is 8.01. The fourth-order valence-corrected chi connectivity index (χ4v) is 2.52. The monoisotopic (exact) mass is 357 g/mol. The van der Waals surface area contributed by atoms with Gasteiger partial charge in [0.25, 0.3) is 0 Å². The zero-order valence-electron chi connectivity index (χ0n) is 13.5. The number of halogens is 1. The molecule has 25 heavy (non-hydrogen) atoms. The fourth-order valence-electron chi connectivity index (χ4n) is 2.32. The van der Waals surface area contributed by atoms with Crippen molar-refractivity contribution in [2.75, 3.05) is 7.11 Å². The van der Waals surface area contributed by atoms with E-state index in [0.29, 0.717) is 29.6 Å².